The van der Waals surface area contributed by atoms with E-state index < -0.39 is 24.1 Å². The SMILES string of the molecule is N/C(CCc1ccccc1)=N\OCC(=O)Nc1cc(F)ccc1F. The van der Waals surface area contributed by atoms with Crippen LogP contribution in [-0.2, 0) is 16.1 Å². The van der Waals surface area contributed by atoms with Crippen LogP contribution in [0.1, 0.15) is 12.0 Å². The lowest BCUT2D eigenvalue weighted by Gasteiger charge is -2.06. The van der Waals surface area contributed by atoms with Crippen molar-refractivity contribution in [1.82, 2.24) is 0 Å². The Morgan fingerprint density at radius 3 is 2.67 bits per heavy atom. The molecule has 0 aromatic heterocycles. The summed E-state index contributed by atoms with van der Waals surface area (Å²) in [4.78, 5) is 16.4. The Morgan fingerprint density at radius 2 is 1.92 bits per heavy atom. The predicted molar refractivity (Wildman–Crippen MR) is 87.3 cm³/mol. The highest BCUT2D eigenvalue weighted by Crippen LogP contribution is 2.14. The third kappa shape index (κ3) is 5.68. The molecule has 2 aromatic carbocycles. The van der Waals surface area contributed by atoms with Gasteiger partial charge >= 0.3 is 0 Å². The van der Waals surface area contributed by atoms with Crippen molar-refractivity contribution in [1.29, 1.82) is 0 Å². The van der Waals surface area contributed by atoms with Gasteiger partial charge in [-0.2, -0.15) is 0 Å². The van der Waals surface area contributed by atoms with E-state index in [0.29, 0.717) is 12.8 Å². The molecule has 0 heterocycles. The highest BCUT2D eigenvalue weighted by molar-refractivity contribution is 5.91. The lowest BCUT2D eigenvalue weighted by molar-refractivity contribution is -0.120. The van der Waals surface area contributed by atoms with Gasteiger partial charge < -0.3 is 15.9 Å². The van der Waals surface area contributed by atoms with Crippen LogP contribution in [0.2, 0.25) is 0 Å². The Kier molecular flexibility index (Phi) is 6.24. The third-order valence-corrected chi connectivity index (χ3v) is 3.09. The zero-order valence-electron chi connectivity index (χ0n) is 12.8. The highest BCUT2D eigenvalue weighted by Gasteiger charge is 2.08. The number of hydrogen-bond donors (Lipinski definition) is 2. The van der Waals surface area contributed by atoms with E-state index in [2.05, 4.69) is 10.5 Å². The highest BCUT2D eigenvalue weighted by atomic mass is 19.1. The van der Waals surface area contributed by atoms with Gasteiger partial charge in [0.05, 0.1) is 5.69 Å². The van der Waals surface area contributed by atoms with Gasteiger partial charge in [-0.25, -0.2) is 8.78 Å². The molecule has 0 saturated heterocycles. The molecular formula is C17H17F2N3O2. The summed E-state index contributed by atoms with van der Waals surface area (Å²) in [5.41, 5.74) is 6.53. The average Bonchev–Trinajstić information content (AvgIpc) is 2.57. The number of amidine groups is 1. The fourth-order valence-electron chi connectivity index (χ4n) is 1.92. The largest absolute Gasteiger partial charge is 0.384 e. The number of anilines is 1. The lowest BCUT2D eigenvalue weighted by atomic mass is 10.1. The maximum Gasteiger partial charge on any atom is 0.265 e. The first-order chi connectivity index (χ1) is 11.5. The van der Waals surface area contributed by atoms with E-state index in [1.165, 1.54) is 0 Å². The molecule has 0 fully saturated rings. The first-order valence-corrected chi connectivity index (χ1v) is 7.27. The molecule has 2 rings (SSSR count). The number of nitrogens with one attached hydrogen (secondary N) is 1. The minimum Gasteiger partial charge on any atom is -0.384 e. The summed E-state index contributed by atoms with van der Waals surface area (Å²) in [6, 6.07) is 12.5. The predicted octanol–water partition coefficient (Wildman–Crippen LogP) is 2.82. The molecular weight excluding hydrogens is 316 g/mol. The molecule has 0 unspecified atom stereocenters. The number of carbonyl (C=O) groups is 1. The Balaban J connectivity index is 1.76. The molecule has 24 heavy (non-hydrogen) atoms. The van der Waals surface area contributed by atoms with Crippen LogP contribution in [0, 0.1) is 11.6 Å². The summed E-state index contributed by atoms with van der Waals surface area (Å²) in [6.07, 6.45) is 1.17. The summed E-state index contributed by atoms with van der Waals surface area (Å²) in [7, 11) is 0. The standard InChI is InChI=1S/C17H17F2N3O2/c18-13-7-8-14(19)15(10-13)21-17(23)11-24-22-16(20)9-6-12-4-2-1-3-5-12/h1-5,7-8,10H,6,9,11H2,(H2,20,22)(H,21,23). The summed E-state index contributed by atoms with van der Waals surface area (Å²) in [6.45, 7) is -0.456. The topological polar surface area (TPSA) is 76.7 Å². The number of halogens is 2. The monoisotopic (exact) mass is 333 g/mol. The van der Waals surface area contributed by atoms with Gasteiger partial charge in [-0.15, -0.1) is 0 Å². The van der Waals surface area contributed by atoms with E-state index in [-0.39, 0.29) is 11.5 Å². The van der Waals surface area contributed by atoms with E-state index >= 15 is 0 Å². The first kappa shape index (κ1) is 17.4. The zero-order valence-corrected chi connectivity index (χ0v) is 12.8. The van der Waals surface area contributed by atoms with Gasteiger partial charge in [0.1, 0.15) is 17.5 Å². The number of amides is 1. The molecule has 0 aliphatic carbocycles. The Labute approximate surface area is 138 Å². The number of benzene rings is 2. The molecule has 0 radical (unpaired) electrons. The molecule has 3 N–H and O–H groups in total. The van der Waals surface area contributed by atoms with Crippen LogP contribution in [-0.4, -0.2) is 18.3 Å². The Morgan fingerprint density at radius 1 is 1.17 bits per heavy atom. The zero-order chi connectivity index (χ0) is 17.4. The molecule has 0 saturated carbocycles. The number of nitrogens with two attached hydrogens (primary N) is 1. The second kappa shape index (κ2) is 8.61. The third-order valence-electron chi connectivity index (χ3n) is 3.09. The molecule has 2 aromatic rings. The second-order valence-electron chi connectivity index (χ2n) is 5.01. The molecule has 0 aliphatic rings. The molecule has 1 amide bonds. The maximum atomic E-state index is 13.4. The van der Waals surface area contributed by atoms with Crippen molar-refractivity contribution in [2.45, 2.75) is 12.8 Å². The van der Waals surface area contributed by atoms with E-state index in [0.717, 1.165) is 23.8 Å². The van der Waals surface area contributed by atoms with Crippen LogP contribution < -0.4 is 11.1 Å². The number of carbonyl (C=O) groups excluding carboxylic acids is 1. The fourth-order valence-corrected chi connectivity index (χ4v) is 1.92. The lowest BCUT2D eigenvalue weighted by Crippen LogP contribution is -2.20. The van der Waals surface area contributed by atoms with Crippen LogP contribution >= 0.6 is 0 Å². The quantitative estimate of drug-likeness (QED) is 0.465. The van der Waals surface area contributed by atoms with Crippen molar-refractivity contribution < 1.29 is 18.4 Å². The number of rotatable bonds is 7. The van der Waals surface area contributed by atoms with Gasteiger partial charge in [-0.1, -0.05) is 35.5 Å². The Hall–Kier alpha value is -2.96. The maximum absolute atomic E-state index is 13.4. The minimum atomic E-state index is -0.740. The van der Waals surface area contributed by atoms with E-state index in [1.54, 1.807) is 0 Å². The molecule has 7 heteroatoms. The Bertz CT molecular complexity index is 721. The smallest absolute Gasteiger partial charge is 0.265 e. The molecule has 0 bridgehead atoms. The number of aryl methyl sites for hydroxylation is 1. The van der Waals surface area contributed by atoms with E-state index in [4.69, 9.17) is 10.6 Å². The van der Waals surface area contributed by atoms with Crippen molar-refractivity contribution in [2.75, 3.05) is 11.9 Å². The first-order valence-electron chi connectivity index (χ1n) is 7.27. The molecule has 126 valence electrons. The van der Waals surface area contributed by atoms with Crippen molar-refractivity contribution in [3.8, 4) is 0 Å². The van der Waals surface area contributed by atoms with Crippen LogP contribution in [0.3, 0.4) is 0 Å². The minimum absolute atomic E-state index is 0.239. The summed E-state index contributed by atoms with van der Waals surface area (Å²) < 4.78 is 26.4. The van der Waals surface area contributed by atoms with Crippen LogP contribution in [0.4, 0.5) is 14.5 Å². The number of hydrogen-bond acceptors (Lipinski definition) is 3. The van der Waals surface area contributed by atoms with Crippen LogP contribution in [0.5, 0.6) is 0 Å². The molecule has 5 nitrogen and oxygen atoms in total. The average molecular weight is 333 g/mol. The molecule has 0 atom stereocenters. The van der Waals surface area contributed by atoms with Crippen LogP contribution in [0.15, 0.2) is 53.7 Å². The molecule has 0 aliphatic heterocycles. The number of oxime groups is 1. The summed E-state index contributed by atoms with van der Waals surface area (Å²) in [5.74, 6) is -1.82. The van der Waals surface area contributed by atoms with Crippen molar-refractivity contribution in [3.63, 3.8) is 0 Å². The normalized spacial score (nSPS) is 11.2. The van der Waals surface area contributed by atoms with E-state index in [1.807, 2.05) is 30.3 Å². The van der Waals surface area contributed by atoms with Crippen molar-refractivity contribution >= 4 is 17.4 Å². The van der Waals surface area contributed by atoms with E-state index in [9.17, 15) is 13.6 Å². The van der Waals surface area contributed by atoms with Crippen LogP contribution in [0.25, 0.3) is 0 Å². The van der Waals surface area contributed by atoms with Gasteiger partial charge in [0.25, 0.3) is 5.91 Å². The van der Waals surface area contributed by atoms with Gasteiger partial charge in [-0.3, -0.25) is 4.79 Å². The second-order valence-corrected chi connectivity index (χ2v) is 5.01. The van der Waals surface area contributed by atoms with Crippen molar-refractivity contribution in [2.24, 2.45) is 10.9 Å². The van der Waals surface area contributed by atoms with Gasteiger partial charge in [-0.05, 0) is 24.1 Å². The summed E-state index contributed by atoms with van der Waals surface area (Å²) in [5, 5.41) is 5.82. The summed E-state index contributed by atoms with van der Waals surface area (Å²) >= 11 is 0. The van der Waals surface area contributed by atoms with Gasteiger partial charge in [0.2, 0.25) is 0 Å². The van der Waals surface area contributed by atoms with Crippen molar-refractivity contribution in [3.05, 3.63) is 65.7 Å². The number of nitrogens with zero attached hydrogens (tertiary/aromatic N) is 1. The fraction of sp³-hybridized carbons (Fsp3) is 0.176. The molecule has 0 spiro atoms. The van der Waals surface area contributed by atoms with Gasteiger partial charge in [0.15, 0.2) is 6.61 Å². The van der Waals surface area contributed by atoms with Gasteiger partial charge in [0, 0.05) is 12.5 Å².